The van der Waals surface area contributed by atoms with Crippen molar-refractivity contribution in [1.82, 2.24) is 0 Å². The summed E-state index contributed by atoms with van der Waals surface area (Å²) in [5.41, 5.74) is 0.787. The molecule has 1 aliphatic rings. The first-order valence-corrected chi connectivity index (χ1v) is 6.14. The minimum Gasteiger partial charge on any atom is -0.481 e. The standard InChI is InChI=1S/C7H6ClNO.C6H10O2/c8-7-3-1-2-6(4-7)5-9-10;7-6(8)4-5-2-1-3-5/h1-5,10H;5H,1-4H2,(H,7,8). The Kier molecular flexibility index (Phi) is 6.22. The molecule has 1 aromatic rings. The van der Waals surface area contributed by atoms with Crippen molar-refractivity contribution in [1.29, 1.82) is 0 Å². The Morgan fingerprint density at radius 3 is 2.61 bits per heavy atom. The number of aliphatic carboxylic acids is 1. The molecule has 0 atom stereocenters. The van der Waals surface area contributed by atoms with Crippen molar-refractivity contribution in [2.24, 2.45) is 11.1 Å². The predicted octanol–water partition coefficient (Wildman–Crippen LogP) is 3.41. The van der Waals surface area contributed by atoms with Gasteiger partial charge in [-0.1, -0.05) is 35.3 Å². The molecule has 2 rings (SSSR count). The number of carbonyl (C=O) groups is 1. The van der Waals surface area contributed by atoms with Crippen molar-refractivity contribution in [3.63, 3.8) is 0 Å². The van der Waals surface area contributed by atoms with Gasteiger partial charge in [-0.05, 0) is 36.5 Å². The van der Waals surface area contributed by atoms with Gasteiger partial charge in [0.1, 0.15) is 0 Å². The second-order valence-corrected chi connectivity index (χ2v) is 4.63. The van der Waals surface area contributed by atoms with E-state index < -0.39 is 5.97 Å². The molecule has 0 aromatic heterocycles. The lowest BCUT2D eigenvalue weighted by Crippen LogP contribution is -2.14. The van der Waals surface area contributed by atoms with Crippen LogP contribution in [0.25, 0.3) is 0 Å². The molecule has 1 saturated carbocycles. The highest BCUT2D eigenvalue weighted by Crippen LogP contribution is 2.28. The van der Waals surface area contributed by atoms with Crippen molar-refractivity contribution >= 4 is 23.8 Å². The first kappa shape index (κ1) is 14.5. The number of nitrogens with zero attached hydrogens (tertiary/aromatic N) is 1. The summed E-state index contributed by atoms with van der Waals surface area (Å²) in [4.78, 5) is 10.0. The molecule has 0 heterocycles. The SMILES string of the molecule is O=C(O)CC1CCC1.ON=Cc1cccc(Cl)c1. The summed E-state index contributed by atoms with van der Waals surface area (Å²) in [7, 11) is 0. The highest BCUT2D eigenvalue weighted by atomic mass is 35.5. The minimum atomic E-state index is -0.644. The molecule has 5 heteroatoms. The molecule has 98 valence electrons. The lowest BCUT2D eigenvalue weighted by molar-refractivity contribution is -0.138. The Morgan fingerprint density at radius 2 is 2.22 bits per heavy atom. The van der Waals surface area contributed by atoms with E-state index in [-0.39, 0.29) is 0 Å². The topological polar surface area (TPSA) is 69.9 Å². The number of rotatable bonds is 3. The van der Waals surface area contributed by atoms with Gasteiger partial charge >= 0.3 is 5.97 Å². The molecule has 1 aromatic carbocycles. The van der Waals surface area contributed by atoms with E-state index in [0.29, 0.717) is 17.4 Å². The van der Waals surface area contributed by atoms with Crippen molar-refractivity contribution in [3.05, 3.63) is 34.9 Å². The van der Waals surface area contributed by atoms with Crippen molar-refractivity contribution < 1.29 is 15.1 Å². The van der Waals surface area contributed by atoms with Crippen LogP contribution in [0.4, 0.5) is 0 Å². The summed E-state index contributed by atoms with van der Waals surface area (Å²) in [6.45, 7) is 0. The fourth-order valence-corrected chi connectivity index (χ4v) is 1.80. The Labute approximate surface area is 111 Å². The molecular weight excluding hydrogens is 254 g/mol. The van der Waals surface area contributed by atoms with Gasteiger partial charge in [-0.25, -0.2) is 0 Å². The van der Waals surface area contributed by atoms with Crippen molar-refractivity contribution in [3.8, 4) is 0 Å². The van der Waals surface area contributed by atoms with E-state index in [1.54, 1.807) is 24.3 Å². The highest BCUT2D eigenvalue weighted by molar-refractivity contribution is 6.30. The molecule has 0 radical (unpaired) electrons. The van der Waals surface area contributed by atoms with Gasteiger partial charge in [0, 0.05) is 11.4 Å². The first-order valence-electron chi connectivity index (χ1n) is 5.76. The summed E-state index contributed by atoms with van der Waals surface area (Å²) in [6.07, 6.45) is 5.21. The van der Waals surface area contributed by atoms with Gasteiger partial charge in [0.25, 0.3) is 0 Å². The van der Waals surface area contributed by atoms with Gasteiger partial charge in [-0.2, -0.15) is 0 Å². The van der Waals surface area contributed by atoms with Crippen molar-refractivity contribution in [2.45, 2.75) is 25.7 Å². The normalized spacial score (nSPS) is 14.7. The van der Waals surface area contributed by atoms with E-state index in [0.717, 1.165) is 18.4 Å². The summed E-state index contributed by atoms with van der Waals surface area (Å²) < 4.78 is 0. The third-order valence-electron chi connectivity index (χ3n) is 2.74. The fraction of sp³-hybridized carbons (Fsp3) is 0.385. The number of benzene rings is 1. The average Bonchev–Trinajstić information content (AvgIpc) is 2.25. The van der Waals surface area contributed by atoms with E-state index in [1.165, 1.54) is 12.6 Å². The second-order valence-electron chi connectivity index (χ2n) is 4.19. The second kappa shape index (κ2) is 7.71. The van der Waals surface area contributed by atoms with Crippen LogP contribution in [0.15, 0.2) is 29.4 Å². The lowest BCUT2D eigenvalue weighted by atomic mass is 9.83. The molecule has 0 amide bonds. The fourth-order valence-electron chi connectivity index (χ4n) is 1.60. The summed E-state index contributed by atoms with van der Waals surface area (Å²) in [6, 6.07) is 7.06. The third-order valence-corrected chi connectivity index (χ3v) is 2.98. The quantitative estimate of drug-likeness (QED) is 0.502. The van der Waals surface area contributed by atoms with Crippen LogP contribution in [0, 0.1) is 5.92 Å². The van der Waals surface area contributed by atoms with Crippen LogP contribution < -0.4 is 0 Å². The Hall–Kier alpha value is -1.55. The summed E-state index contributed by atoms with van der Waals surface area (Å²) >= 11 is 5.64. The van der Waals surface area contributed by atoms with Gasteiger partial charge in [0.05, 0.1) is 6.21 Å². The Balaban J connectivity index is 0.000000184. The predicted molar refractivity (Wildman–Crippen MR) is 70.4 cm³/mol. The van der Waals surface area contributed by atoms with E-state index in [9.17, 15) is 4.79 Å². The molecule has 0 saturated heterocycles. The zero-order valence-electron chi connectivity index (χ0n) is 9.92. The monoisotopic (exact) mass is 269 g/mol. The molecule has 1 aliphatic carbocycles. The zero-order valence-corrected chi connectivity index (χ0v) is 10.7. The number of oxime groups is 1. The molecule has 2 N–H and O–H groups in total. The Bertz CT molecular complexity index is 416. The highest BCUT2D eigenvalue weighted by Gasteiger charge is 2.19. The van der Waals surface area contributed by atoms with Crippen LogP contribution in [0.3, 0.4) is 0 Å². The van der Waals surface area contributed by atoms with Crippen molar-refractivity contribution in [2.75, 3.05) is 0 Å². The molecular formula is C13H16ClNO3. The molecule has 18 heavy (non-hydrogen) atoms. The number of hydrogen-bond acceptors (Lipinski definition) is 3. The number of carboxylic acid groups (broad SMARTS) is 1. The smallest absolute Gasteiger partial charge is 0.303 e. The molecule has 4 nitrogen and oxygen atoms in total. The minimum absolute atomic E-state index is 0.389. The Morgan fingerprint density at radius 1 is 1.50 bits per heavy atom. The van der Waals surface area contributed by atoms with E-state index in [4.69, 9.17) is 21.9 Å². The molecule has 1 fully saturated rings. The third kappa shape index (κ3) is 5.68. The van der Waals surface area contributed by atoms with Crippen LogP contribution in [0.1, 0.15) is 31.2 Å². The number of halogens is 1. The molecule has 0 aliphatic heterocycles. The summed E-state index contributed by atoms with van der Waals surface area (Å²) in [5, 5.41) is 19.9. The van der Waals surface area contributed by atoms with Gasteiger partial charge in [-0.15, -0.1) is 0 Å². The van der Waals surface area contributed by atoms with Gasteiger partial charge in [0.15, 0.2) is 0 Å². The maximum atomic E-state index is 10.0. The van der Waals surface area contributed by atoms with Gasteiger partial charge < -0.3 is 10.3 Å². The van der Waals surface area contributed by atoms with Crippen LogP contribution in [-0.2, 0) is 4.79 Å². The first-order chi connectivity index (χ1) is 8.61. The number of hydrogen-bond donors (Lipinski definition) is 2. The molecule has 0 spiro atoms. The van der Waals surface area contributed by atoms with E-state index in [2.05, 4.69) is 5.16 Å². The molecule has 0 bridgehead atoms. The van der Waals surface area contributed by atoms with Gasteiger partial charge in [0.2, 0.25) is 0 Å². The summed E-state index contributed by atoms with van der Waals surface area (Å²) in [5.74, 6) is -0.137. The maximum absolute atomic E-state index is 10.0. The average molecular weight is 270 g/mol. The number of carboxylic acids is 1. The largest absolute Gasteiger partial charge is 0.481 e. The van der Waals surface area contributed by atoms with Crippen LogP contribution >= 0.6 is 11.6 Å². The molecule has 0 unspecified atom stereocenters. The van der Waals surface area contributed by atoms with E-state index in [1.807, 2.05) is 0 Å². The van der Waals surface area contributed by atoms with Crippen LogP contribution in [-0.4, -0.2) is 22.5 Å². The van der Waals surface area contributed by atoms with Crippen LogP contribution in [0.2, 0.25) is 5.02 Å². The van der Waals surface area contributed by atoms with Gasteiger partial charge in [-0.3, -0.25) is 4.79 Å². The van der Waals surface area contributed by atoms with E-state index >= 15 is 0 Å². The maximum Gasteiger partial charge on any atom is 0.303 e. The lowest BCUT2D eigenvalue weighted by Gasteiger charge is -2.22. The zero-order chi connectivity index (χ0) is 13.4. The van der Waals surface area contributed by atoms with Crippen LogP contribution in [0.5, 0.6) is 0 Å².